The third kappa shape index (κ3) is 2.81. The van der Waals surface area contributed by atoms with E-state index < -0.39 is 22.4 Å². The van der Waals surface area contributed by atoms with Crippen LogP contribution in [0.4, 0.5) is 24.5 Å². The minimum Gasteiger partial charge on any atom is -0.360 e. The van der Waals surface area contributed by atoms with E-state index >= 15 is 0 Å². The molecule has 1 aliphatic rings. The Morgan fingerprint density at radius 3 is 2.60 bits per heavy atom. The van der Waals surface area contributed by atoms with Crippen molar-refractivity contribution in [3.63, 3.8) is 0 Å². The third-order valence-corrected chi connectivity index (χ3v) is 2.88. The number of nitrogens with zero attached hydrogens (tertiary/aromatic N) is 2. The van der Waals surface area contributed by atoms with Crippen LogP contribution in [0.15, 0.2) is 18.2 Å². The summed E-state index contributed by atoms with van der Waals surface area (Å²) in [5.74, 6) is -0.386. The molecule has 1 N–H and O–H groups in total. The van der Waals surface area contributed by atoms with E-state index in [2.05, 4.69) is 5.32 Å². The summed E-state index contributed by atoms with van der Waals surface area (Å²) in [6, 6.07) is 2.51. The molecular weight excluding hydrogens is 279 g/mol. The van der Waals surface area contributed by atoms with Gasteiger partial charge in [-0.05, 0) is 6.07 Å². The zero-order valence-corrected chi connectivity index (χ0v) is 10.1. The highest BCUT2D eigenvalue weighted by atomic mass is 19.4. The number of amides is 1. The molecular formula is C11H10F3N3O3. The fourth-order valence-corrected chi connectivity index (χ4v) is 1.98. The summed E-state index contributed by atoms with van der Waals surface area (Å²) < 4.78 is 39.0. The van der Waals surface area contributed by atoms with E-state index in [0.717, 1.165) is 12.1 Å². The van der Waals surface area contributed by atoms with Gasteiger partial charge < -0.3 is 10.2 Å². The lowest BCUT2D eigenvalue weighted by atomic mass is 10.1. The number of hydrogen-bond acceptors (Lipinski definition) is 4. The Hall–Kier alpha value is -2.32. The van der Waals surface area contributed by atoms with Gasteiger partial charge in [0.1, 0.15) is 0 Å². The molecule has 108 valence electrons. The second-order valence-corrected chi connectivity index (χ2v) is 4.23. The van der Waals surface area contributed by atoms with Crippen LogP contribution in [0.1, 0.15) is 5.56 Å². The highest BCUT2D eigenvalue weighted by molar-refractivity contribution is 5.83. The number of hydrogen-bond donors (Lipinski definition) is 1. The van der Waals surface area contributed by atoms with Gasteiger partial charge in [0.05, 0.1) is 17.0 Å². The van der Waals surface area contributed by atoms with E-state index in [0.29, 0.717) is 6.07 Å². The molecule has 0 atom stereocenters. The Bertz CT molecular complexity index is 560. The summed E-state index contributed by atoms with van der Waals surface area (Å²) in [5, 5.41) is 13.1. The second-order valence-electron chi connectivity index (χ2n) is 4.23. The molecule has 9 heteroatoms. The summed E-state index contributed by atoms with van der Waals surface area (Å²) in [6.45, 7) is 0.237. The van der Waals surface area contributed by atoms with Crippen molar-refractivity contribution in [2.24, 2.45) is 0 Å². The van der Waals surface area contributed by atoms with Crippen molar-refractivity contribution in [3.8, 4) is 0 Å². The molecule has 1 saturated heterocycles. The fourth-order valence-electron chi connectivity index (χ4n) is 1.98. The molecule has 1 aliphatic heterocycles. The van der Waals surface area contributed by atoms with Crippen LogP contribution >= 0.6 is 0 Å². The Labute approximate surface area is 111 Å². The van der Waals surface area contributed by atoms with Crippen LogP contribution in [0.25, 0.3) is 0 Å². The molecule has 0 spiro atoms. The van der Waals surface area contributed by atoms with E-state index in [1.807, 2.05) is 0 Å². The number of halogens is 3. The minimum absolute atomic E-state index is 0.207. The predicted octanol–water partition coefficient (Wildman–Crippen LogP) is 1.55. The van der Waals surface area contributed by atoms with Crippen LogP contribution in [-0.2, 0) is 11.0 Å². The van der Waals surface area contributed by atoms with Gasteiger partial charge in [0, 0.05) is 30.9 Å². The smallest absolute Gasteiger partial charge is 0.360 e. The largest absolute Gasteiger partial charge is 0.418 e. The van der Waals surface area contributed by atoms with Crippen LogP contribution in [-0.4, -0.2) is 30.5 Å². The number of nitro groups is 1. The maximum absolute atomic E-state index is 13.0. The molecule has 0 aromatic heterocycles. The zero-order chi connectivity index (χ0) is 14.9. The topological polar surface area (TPSA) is 75.5 Å². The summed E-state index contributed by atoms with van der Waals surface area (Å²) in [7, 11) is 0. The molecule has 6 nitrogen and oxygen atoms in total. The molecule has 0 unspecified atom stereocenters. The van der Waals surface area contributed by atoms with Crippen molar-refractivity contribution < 1.29 is 22.9 Å². The van der Waals surface area contributed by atoms with Gasteiger partial charge in [-0.15, -0.1) is 0 Å². The van der Waals surface area contributed by atoms with E-state index in [-0.39, 0.29) is 31.2 Å². The number of carbonyl (C=O) groups is 1. The van der Waals surface area contributed by atoms with Crippen molar-refractivity contribution in [1.29, 1.82) is 0 Å². The first kappa shape index (κ1) is 14.1. The van der Waals surface area contributed by atoms with E-state index in [1.54, 1.807) is 0 Å². The van der Waals surface area contributed by atoms with Gasteiger partial charge in [0.25, 0.3) is 5.69 Å². The number of non-ortho nitro benzene ring substituents is 1. The van der Waals surface area contributed by atoms with Crippen molar-refractivity contribution in [2.45, 2.75) is 6.18 Å². The highest BCUT2D eigenvalue weighted by Gasteiger charge is 2.37. The molecule has 1 aromatic carbocycles. The molecule has 1 aromatic rings. The Morgan fingerprint density at radius 2 is 2.05 bits per heavy atom. The number of piperazine rings is 1. The van der Waals surface area contributed by atoms with Crippen molar-refractivity contribution in [3.05, 3.63) is 33.9 Å². The SMILES string of the molecule is O=C1CN(c2ccc([N+](=O)[O-])cc2C(F)(F)F)CCN1. The minimum atomic E-state index is -4.73. The quantitative estimate of drug-likeness (QED) is 0.662. The highest BCUT2D eigenvalue weighted by Crippen LogP contribution is 2.38. The number of rotatable bonds is 2. The summed E-state index contributed by atoms with van der Waals surface area (Å²) in [6.07, 6.45) is -4.73. The third-order valence-electron chi connectivity index (χ3n) is 2.88. The van der Waals surface area contributed by atoms with Gasteiger partial charge in [0.15, 0.2) is 0 Å². The summed E-state index contributed by atoms with van der Waals surface area (Å²) in [5.41, 5.74) is -1.97. The molecule has 1 amide bonds. The molecule has 2 rings (SSSR count). The average Bonchev–Trinajstić information content (AvgIpc) is 2.37. The Morgan fingerprint density at radius 1 is 1.35 bits per heavy atom. The van der Waals surface area contributed by atoms with Crippen LogP contribution in [0, 0.1) is 10.1 Å². The van der Waals surface area contributed by atoms with Gasteiger partial charge >= 0.3 is 6.18 Å². The lowest BCUT2D eigenvalue weighted by Crippen LogP contribution is -2.48. The Balaban J connectivity index is 2.46. The number of carbonyl (C=O) groups excluding carboxylic acids is 1. The first-order valence-electron chi connectivity index (χ1n) is 5.66. The number of alkyl halides is 3. The number of anilines is 1. The lowest BCUT2D eigenvalue weighted by Gasteiger charge is -2.30. The summed E-state index contributed by atoms with van der Waals surface area (Å²) >= 11 is 0. The van der Waals surface area contributed by atoms with Gasteiger partial charge in [-0.1, -0.05) is 0 Å². The van der Waals surface area contributed by atoms with Gasteiger partial charge in [0.2, 0.25) is 5.91 Å². The first-order valence-corrected chi connectivity index (χ1v) is 5.66. The maximum atomic E-state index is 13.0. The first-order chi connectivity index (χ1) is 9.29. The normalized spacial score (nSPS) is 15.9. The van der Waals surface area contributed by atoms with Crippen molar-refractivity contribution in [2.75, 3.05) is 24.5 Å². The molecule has 20 heavy (non-hydrogen) atoms. The molecule has 1 heterocycles. The Kier molecular flexibility index (Phi) is 3.51. The van der Waals surface area contributed by atoms with Crippen LogP contribution < -0.4 is 10.2 Å². The van der Waals surface area contributed by atoms with E-state index in [9.17, 15) is 28.1 Å². The van der Waals surface area contributed by atoms with Crippen LogP contribution in [0.5, 0.6) is 0 Å². The molecule has 0 bridgehead atoms. The average molecular weight is 289 g/mol. The van der Waals surface area contributed by atoms with E-state index in [4.69, 9.17) is 0 Å². The molecule has 0 saturated carbocycles. The van der Waals surface area contributed by atoms with Crippen LogP contribution in [0.2, 0.25) is 0 Å². The van der Waals surface area contributed by atoms with Gasteiger partial charge in [-0.3, -0.25) is 14.9 Å². The molecule has 0 radical (unpaired) electrons. The molecule has 1 fully saturated rings. The monoisotopic (exact) mass is 289 g/mol. The second kappa shape index (κ2) is 4.99. The van der Waals surface area contributed by atoms with Crippen molar-refractivity contribution >= 4 is 17.3 Å². The standard InChI is InChI=1S/C11H10F3N3O3/c12-11(13,14)8-5-7(17(19)20)1-2-9(8)16-4-3-15-10(18)6-16/h1-2,5H,3-4,6H2,(H,15,18). The number of nitro benzene ring substituents is 1. The van der Waals surface area contributed by atoms with Crippen LogP contribution in [0.3, 0.4) is 0 Å². The summed E-state index contributed by atoms with van der Waals surface area (Å²) in [4.78, 5) is 22.2. The lowest BCUT2D eigenvalue weighted by molar-refractivity contribution is -0.385. The zero-order valence-electron chi connectivity index (χ0n) is 10.1. The predicted molar refractivity (Wildman–Crippen MR) is 63.3 cm³/mol. The maximum Gasteiger partial charge on any atom is 0.418 e. The van der Waals surface area contributed by atoms with Gasteiger partial charge in [-0.2, -0.15) is 13.2 Å². The van der Waals surface area contributed by atoms with Crippen molar-refractivity contribution in [1.82, 2.24) is 5.32 Å². The number of benzene rings is 1. The van der Waals surface area contributed by atoms with E-state index in [1.165, 1.54) is 4.90 Å². The molecule has 0 aliphatic carbocycles. The fraction of sp³-hybridized carbons (Fsp3) is 0.364. The van der Waals surface area contributed by atoms with Gasteiger partial charge in [-0.25, -0.2) is 0 Å². The number of nitrogens with one attached hydrogen (secondary N) is 1.